The number of halogens is 1. The molecule has 5 nitrogen and oxygen atoms in total. The van der Waals surface area contributed by atoms with Crippen molar-refractivity contribution in [3.63, 3.8) is 0 Å². The molecule has 0 saturated carbocycles. The minimum absolute atomic E-state index is 0.337. The average molecular weight is 333 g/mol. The second-order valence-electron chi connectivity index (χ2n) is 4.60. The molecule has 3 aromatic rings. The maximum absolute atomic E-state index is 12.1. The number of rotatable bonds is 3. The quantitative estimate of drug-likeness (QED) is 0.739. The van der Waals surface area contributed by atoms with E-state index in [4.69, 9.17) is 11.6 Å². The minimum atomic E-state index is -0.337. The Hall–Kier alpha value is -2.31. The normalized spacial score (nSPS) is 10.5. The number of anilines is 2. The monoisotopic (exact) mass is 332 g/mol. The highest BCUT2D eigenvalue weighted by atomic mass is 35.5. The number of hydrogen-bond acceptors (Lipinski definition) is 3. The Kier molecular flexibility index (Phi) is 4.13. The third-order valence-corrected chi connectivity index (χ3v) is 4.03. The molecule has 2 aromatic heterocycles. The molecule has 7 heteroatoms. The number of hydrogen-bond donors (Lipinski definition) is 2. The molecule has 2 N–H and O–H groups in total. The first-order valence-corrected chi connectivity index (χ1v) is 7.77. The van der Waals surface area contributed by atoms with Crippen LogP contribution in [0.25, 0.3) is 5.69 Å². The van der Waals surface area contributed by atoms with Crippen LogP contribution in [0.2, 0.25) is 4.34 Å². The van der Waals surface area contributed by atoms with Crippen LogP contribution in [0.3, 0.4) is 0 Å². The summed E-state index contributed by atoms with van der Waals surface area (Å²) in [6, 6.07) is 14.6. The summed E-state index contributed by atoms with van der Waals surface area (Å²) in [6.45, 7) is 1.88. The number of thiophene rings is 1. The van der Waals surface area contributed by atoms with Crippen molar-refractivity contribution in [1.29, 1.82) is 0 Å². The summed E-state index contributed by atoms with van der Waals surface area (Å²) in [5.74, 6) is 0.601. The first-order chi connectivity index (χ1) is 10.6. The van der Waals surface area contributed by atoms with E-state index in [1.807, 2.05) is 43.3 Å². The van der Waals surface area contributed by atoms with E-state index >= 15 is 0 Å². The van der Waals surface area contributed by atoms with Gasteiger partial charge in [-0.15, -0.1) is 11.3 Å². The number of para-hydroxylation sites is 1. The van der Waals surface area contributed by atoms with E-state index in [0.717, 1.165) is 11.4 Å². The summed E-state index contributed by atoms with van der Waals surface area (Å²) in [6.07, 6.45) is 0. The molecule has 0 aliphatic rings. The summed E-state index contributed by atoms with van der Waals surface area (Å²) < 4.78 is 2.32. The number of urea groups is 1. The number of nitrogens with one attached hydrogen (secondary N) is 2. The predicted molar refractivity (Wildman–Crippen MR) is 90.3 cm³/mol. The molecular formula is C15H13ClN4OS. The van der Waals surface area contributed by atoms with Gasteiger partial charge in [0.05, 0.1) is 20.7 Å². The van der Waals surface area contributed by atoms with Crippen LogP contribution in [-0.2, 0) is 0 Å². The first kappa shape index (κ1) is 14.6. The zero-order valence-corrected chi connectivity index (χ0v) is 13.3. The Balaban J connectivity index is 1.79. The Morgan fingerprint density at radius 2 is 1.95 bits per heavy atom. The van der Waals surface area contributed by atoms with Gasteiger partial charge in [0.1, 0.15) is 5.82 Å². The topological polar surface area (TPSA) is 59.0 Å². The zero-order valence-electron chi connectivity index (χ0n) is 11.7. The Morgan fingerprint density at radius 3 is 2.64 bits per heavy atom. The molecule has 0 bridgehead atoms. The molecule has 0 unspecified atom stereocenters. The second-order valence-corrected chi connectivity index (χ2v) is 6.32. The maximum atomic E-state index is 12.1. The first-order valence-electron chi connectivity index (χ1n) is 6.57. The Morgan fingerprint density at radius 1 is 1.18 bits per heavy atom. The van der Waals surface area contributed by atoms with Crippen molar-refractivity contribution in [2.45, 2.75) is 6.92 Å². The maximum Gasteiger partial charge on any atom is 0.325 e. The Bertz CT molecular complexity index is 797. The van der Waals surface area contributed by atoms with Gasteiger partial charge in [-0.05, 0) is 31.2 Å². The smallest absolute Gasteiger partial charge is 0.299 e. The number of nitrogens with zero attached hydrogens (tertiary/aromatic N) is 2. The number of aryl methyl sites for hydroxylation is 1. The van der Waals surface area contributed by atoms with E-state index in [1.54, 1.807) is 16.8 Å². The van der Waals surface area contributed by atoms with Crippen LogP contribution >= 0.6 is 22.9 Å². The van der Waals surface area contributed by atoms with E-state index in [0.29, 0.717) is 15.2 Å². The molecule has 0 fully saturated rings. The van der Waals surface area contributed by atoms with Crippen molar-refractivity contribution >= 4 is 39.8 Å². The van der Waals surface area contributed by atoms with Gasteiger partial charge >= 0.3 is 6.03 Å². The van der Waals surface area contributed by atoms with Crippen molar-refractivity contribution in [1.82, 2.24) is 9.78 Å². The van der Waals surface area contributed by atoms with Gasteiger partial charge in [-0.1, -0.05) is 29.8 Å². The van der Waals surface area contributed by atoms with Gasteiger partial charge in [0.2, 0.25) is 0 Å². The number of aromatic nitrogens is 2. The van der Waals surface area contributed by atoms with E-state index in [9.17, 15) is 4.79 Å². The molecule has 0 atom stereocenters. The van der Waals surface area contributed by atoms with Gasteiger partial charge < -0.3 is 0 Å². The predicted octanol–water partition coefficient (Wildman–Crippen LogP) is 4.54. The Labute approximate surface area is 136 Å². The second kappa shape index (κ2) is 6.21. The number of carbonyl (C=O) groups is 1. The summed E-state index contributed by atoms with van der Waals surface area (Å²) in [5.41, 5.74) is 1.70. The molecule has 0 radical (unpaired) electrons. The van der Waals surface area contributed by atoms with Crippen LogP contribution in [0.15, 0.2) is 48.5 Å². The number of benzene rings is 1. The van der Waals surface area contributed by atoms with Gasteiger partial charge in [0, 0.05) is 6.07 Å². The highest BCUT2D eigenvalue weighted by Crippen LogP contribution is 2.26. The fraction of sp³-hybridized carbons (Fsp3) is 0.0667. The lowest BCUT2D eigenvalue weighted by Gasteiger charge is -2.09. The standard InChI is InChI=1S/C15H13ClN4OS/c1-10-9-13(20(19-10)11-5-3-2-4-6-11)17-15(21)18-14-8-7-12(16)22-14/h2-9H,1H3,(H2,17,18,21). The van der Waals surface area contributed by atoms with Crippen molar-refractivity contribution in [2.75, 3.05) is 10.6 Å². The molecule has 112 valence electrons. The molecule has 2 heterocycles. The SMILES string of the molecule is Cc1cc(NC(=O)Nc2ccc(Cl)s2)n(-c2ccccc2)n1. The molecule has 1 aromatic carbocycles. The van der Waals surface area contributed by atoms with Crippen LogP contribution in [0.1, 0.15) is 5.69 Å². The molecule has 22 heavy (non-hydrogen) atoms. The highest BCUT2D eigenvalue weighted by molar-refractivity contribution is 7.20. The lowest BCUT2D eigenvalue weighted by molar-refractivity contribution is 0.262. The summed E-state index contributed by atoms with van der Waals surface area (Å²) >= 11 is 7.15. The van der Waals surface area contributed by atoms with Crippen LogP contribution < -0.4 is 10.6 Å². The third-order valence-electron chi connectivity index (χ3n) is 2.88. The fourth-order valence-electron chi connectivity index (χ4n) is 2.00. The van der Waals surface area contributed by atoms with E-state index in [1.165, 1.54) is 11.3 Å². The van der Waals surface area contributed by atoms with Gasteiger partial charge in [0.25, 0.3) is 0 Å². The molecule has 0 saturated heterocycles. The average Bonchev–Trinajstić information content (AvgIpc) is 3.06. The number of carbonyl (C=O) groups excluding carboxylic acids is 1. The van der Waals surface area contributed by atoms with Crippen molar-refractivity contribution in [3.8, 4) is 5.69 Å². The summed E-state index contributed by atoms with van der Waals surface area (Å²) in [5, 5.41) is 10.6. The molecule has 2 amide bonds. The van der Waals surface area contributed by atoms with E-state index in [2.05, 4.69) is 15.7 Å². The summed E-state index contributed by atoms with van der Waals surface area (Å²) in [7, 11) is 0. The molecular weight excluding hydrogens is 320 g/mol. The summed E-state index contributed by atoms with van der Waals surface area (Å²) in [4.78, 5) is 12.1. The van der Waals surface area contributed by atoms with Gasteiger partial charge in [-0.25, -0.2) is 9.48 Å². The van der Waals surface area contributed by atoms with Crippen molar-refractivity contribution < 1.29 is 4.79 Å². The highest BCUT2D eigenvalue weighted by Gasteiger charge is 2.11. The minimum Gasteiger partial charge on any atom is -0.299 e. The van der Waals surface area contributed by atoms with Crippen LogP contribution in [-0.4, -0.2) is 15.8 Å². The zero-order chi connectivity index (χ0) is 15.5. The van der Waals surface area contributed by atoms with Gasteiger partial charge in [0.15, 0.2) is 0 Å². The van der Waals surface area contributed by atoms with Gasteiger partial charge in [-0.2, -0.15) is 5.10 Å². The lowest BCUT2D eigenvalue weighted by atomic mass is 10.3. The van der Waals surface area contributed by atoms with Crippen molar-refractivity contribution in [2.24, 2.45) is 0 Å². The van der Waals surface area contributed by atoms with E-state index in [-0.39, 0.29) is 6.03 Å². The molecule has 0 spiro atoms. The molecule has 3 rings (SSSR count). The number of amides is 2. The van der Waals surface area contributed by atoms with Crippen LogP contribution in [0.4, 0.5) is 15.6 Å². The van der Waals surface area contributed by atoms with Crippen LogP contribution in [0.5, 0.6) is 0 Å². The largest absolute Gasteiger partial charge is 0.325 e. The van der Waals surface area contributed by atoms with Crippen LogP contribution in [0, 0.1) is 6.92 Å². The molecule has 0 aliphatic carbocycles. The van der Waals surface area contributed by atoms with Gasteiger partial charge in [-0.3, -0.25) is 10.6 Å². The van der Waals surface area contributed by atoms with E-state index < -0.39 is 0 Å². The van der Waals surface area contributed by atoms with Crippen molar-refractivity contribution in [3.05, 3.63) is 58.6 Å². The lowest BCUT2D eigenvalue weighted by Crippen LogP contribution is -2.20. The third kappa shape index (κ3) is 3.29. The fourth-order valence-corrected chi connectivity index (χ4v) is 2.93. The molecule has 0 aliphatic heterocycles.